The van der Waals surface area contributed by atoms with Crippen LogP contribution in [0.2, 0.25) is 0 Å². The molecule has 8 heteroatoms. The Morgan fingerprint density at radius 2 is 1.61 bits per heavy atom. The summed E-state index contributed by atoms with van der Waals surface area (Å²) < 4.78 is 32.0. The summed E-state index contributed by atoms with van der Waals surface area (Å²) in [6.45, 7) is 1.13. The monoisotopic (exact) mass is 444 g/mol. The Labute approximate surface area is 183 Å². The second kappa shape index (κ2) is 10.5. The number of carbonyl (C=O) groups excluding carboxylic acids is 2. The molecule has 1 heterocycles. The molecule has 0 unspecified atom stereocenters. The van der Waals surface area contributed by atoms with E-state index in [0.717, 1.165) is 31.2 Å². The first-order chi connectivity index (χ1) is 14.9. The first kappa shape index (κ1) is 23.0. The zero-order valence-electron chi connectivity index (χ0n) is 17.7. The summed E-state index contributed by atoms with van der Waals surface area (Å²) in [4.78, 5) is 24.5. The van der Waals surface area contributed by atoms with Gasteiger partial charge < -0.3 is 10.1 Å². The summed E-state index contributed by atoms with van der Waals surface area (Å²) >= 11 is 0. The van der Waals surface area contributed by atoms with Crippen molar-refractivity contribution in [1.82, 2.24) is 4.31 Å². The van der Waals surface area contributed by atoms with Crippen LogP contribution in [0, 0.1) is 0 Å². The van der Waals surface area contributed by atoms with Gasteiger partial charge in [0.05, 0.1) is 23.3 Å². The van der Waals surface area contributed by atoms with Gasteiger partial charge in [0.2, 0.25) is 15.9 Å². The van der Waals surface area contributed by atoms with Gasteiger partial charge in [-0.15, -0.1) is 0 Å². The number of esters is 1. The predicted octanol–water partition coefficient (Wildman–Crippen LogP) is 3.61. The molecule has 3 rings (SSSR count). The summed E-state index contributed by atoms with van der Waals surface area (Å²) in [6, 6.07) is 13.4. The minimum absolute atomic E-state index is 0.202. The lowest BCUT2D eigenvalue weighted by atomic mass is 10.1. The number of nitrogens with zero attached hydrogens (tertiary/aromatic N) is 1. The maximum Gasteiger partial charge on any atom is 0.339 e. The lowest BCUT2D eigenvalue weighted by Crippen LogP contribution is -2.31. The molecule has 0 atom stereocenters. The molecule has 2 aromatic rings. The number of hydrogen-bond donors (Lipinski definition) is 1. The van der Waals surface area contributed by atoms with Crippen molar-refractivity contribution >= 4 is 27.6 Å². The van der Waals surface area contributed by atoms with Crippen molar-refractivity contribution in [1.29, 1.82) is 0 Å². The van der Waals surface area contributed by atoms with E-state index in [9.17, 15) is 18.0 Å². The number of sulfonamides is 1. The number of anilines is 1. The van der Waals surface area contributed by atoms with Gasteiger partial charge in [0.25, 0.3) is 0 Å². The van der Waals surface area contributed by atoms with Crippen molar-refractivity contribution in [3.05, 3.63) is 59.7 Å². The third-order valence-corrected chi connectivity index (χ3v) is 7.29. The molecule has 0 spiro atoms. The van der Waals surface area contributed by atoms with Gasteiger partial charge in [0.15, 0.2) is 0 Å². The van der Waals surface area contributed by atoms with E-state index >= 15 is 0 Å². The van der Waals surface area contributed by atoms with Gasteiger partial charge in [0.1, 0.15) is 0 Å². The molecule has 31 heavy (non-hydrogen) atoms. The van der Waals surface area contributed by atoms with Crippen LogP contribution in [0.4, 0.5) is 5.69 Å². The average molecular weight is 445 g/mol. The third-order valence-electron chi connectivity index (χ3n) is 5.37. The fourth-order valence-corrected chi connectivity index (χ4v) is 5.13. The minimum atomic E-state index is -3.48. The molecule has 1 amide bonds. The number of hydrogen-bond acceptors (Lipinski definition) is 5. The van der Waals surface area contributed by atoms with Crippen LogP contribution in [0.5, 0.6) is 0 Å². The highest BCUT2D eigenvalue weighted by molar-refractivity contribution is 7.89. The van der Waals surface area contributed by atoms with Crippen LogP contribution in [0.15, 0.2) is 53.4 Å². The van der Waals surface area contributed by atoms with E-state index in [4.69, 9.17) is 4.74 Å². The van der Waals surface area contributed by atoms with Gasteiger partial charge in [-0.05, 0) is 49.1 Å². The normalized spacial score (nSPS) is 15.1. The standard InChI is InChI=1S/C23H28N2O5S/c1-30-23(27)20-8-4-5-9-21(20)24-22(26)15-12-18-10-13-19(14-11-18)31(28,29)25-16-6-2-3-7-17-25/h4-5,8-11,13-14H,2-3,6-7,12,15-17H2,1H3,(H,24,26). The highest BCUT2D eigenvalue weighted by Gasteiger charge is 2.25. The predicted molar refractivity (Wildman–Crippen MR) is 118 cm³/mol. The Morgan fingerprint density at radius 3 is 2.26 bits per heavy atom. The molecule has 1 aliphatic rings. The second-order valence-electron chi connectivity index (χ2n) is 7.55. The number of methoxy groups -OCH3 is 1. The van der Waals surface area contributed by atoms with Crippen molar-refractivity contribution < 1.29 is 22.7 Å². The Hall–Kier alpha value is -2.71. The maximum absolute atomic E-state index is 12.9. The Morgan fingerprint density at radius 1 is 0.968 bits per heavy atom. The number of rotatable bonds is 7. The zero-order chi connectivity index (χ0) is 22.3. The Balaban J connectivity index is 1.59. The molecule has 1 fully saturated rings. The van der Waals surface area contributed by atoms with Gasteiger partial charge >= 0.3 is 5.97 Å². The van der Waals surface area contributed by atoms with Crippen LogP contribution in [0.3, 0.4) is 0 Å². The molecule has 0 aromatic heterocycles. The van der Waals surface area contributed by atoms with E-state index in [-0.39, 0.29) is 17.2 Å². The average Bonchev–Trinajstić information content (AvgIpc) is 3.08. The number of aryl methyl sites for hydroxylation is 1. The van der Waals surface area contributed by atoms with Crippen LogP contribution in [-0.2, 0) is 26.0 Å². The second-order valence-corrected chi connectivity index (χ2v) is 9.49. The number of nitrogens with one attached hydrogen (secondary N) is 1. The van der Waals surface area contributed by atoms with E-state index in [0.29, 0.717) is 30.8 Å². The first-order valence-electron chi connectivity index (χ1n) is 10.5. The van der Waals surface area contributed by atoms with Crippen LogP contribution >= 0.6 is 0 Å². The Bertz CT molecular complexity index is 1010. The van der Waals surface area contributed by atoms with Gasteiger partial charge in [-0.2, -0.15) is 4.31 Å². The van der Waals surface area contributed by atoms with Crippen molar-refractivity contribution in [2.45, 2.75) is 43.4 Å². The van der Waals surface area contributed by atoms with Crippen LogP contribution in [0.25, 0.3) is 0 Å². The number of para-hydroxylation sites is 1. The van der Waals surface area contributed by atoms with E-state index in [1.165, 1.54) is 7.11 Å². The van der Waals surface area contributed by atoms with Gasteiger partial charge in [-0.25, -0.2) is 13.2 Å². The highest BCUT2D eigenvalue weighted by atomic mass is 32.2. The molecule has 0 bridgehead atoms. The number of carbonyl (C=O) groups is 2. The zero-order valence-corrected chi connectivity index (χ0v) is 18.5. The minimum Gasteiger partial charge on any atom is -0.465 e. The molecule has 0 aliphatic carbocycles. The van der Waals surface area contributed by atoms with Gasteiger partial charge in [-0.1, -0.05) is 37.1 Å². The van der Waals surface area contributed by atoms with E-state index < -0.39 is 16.0 Å². The van der Waals surface area contributed by atoms with Crippen molar-refractivity contribution in [2.75, 3.05) is 25.5 Å². The molecule has 166 valence electrons. The summed E-state index contributed by atoms with van der Waals surface area (Å²) in [6.07, 6.45) is 4.58. The van der Waals surface area contributed by atoms with E-state index in [2.05, 4.69) is 5.32 Å². The van der Waals surface area contributed by atoms with Gasteiger partial charge in [-0.3, -0.25) is 4.79 Å². The number of benzene rings is 2. The fourth-order valence-electron chi connectivity index (χ4n) is 3.61. The van der Waals surface area contributed by atoms with E-state index in [1.54, 1.807) is 52.8 Å². The largest absolute Gasteiger partial charge is 0.465 e. The lowest BCUT2D eigenvalue weighted by Gasteiger charge is -2.20. The number of ether oxygens (including phenoxy) is 1. The molecular formula is C23H28N2O5S. The fraction of sp³-hybridized carbons (Fsp3) is 0.391. The Kier molecular flexibility index (Phi) is 7.81. The smallest absolute Gasteiger partial charge is 0.339 e. The molecule has 1 N–H and O–H groups in total. The SMILES string of the molecule is COC(=O)c1ccccc1NC(=O)CCc1ccc(S(=O)(=O)N2CCCCCC2)cc1. The molecular weight excluding hydrogens is 416 g/mol. The quantitative estimate of drug-likeness (QED) is 0.659. The number of amides is 1. The highest BCUT2D eigenvalue weighted by Crippen LogP contribution is 2.21. The molecule has 7 nitrogen and oxygen atoms in total. The van der Waals surface area contributed by atoms with Crippen molar-refractivity contribution in [2.24, 2.45) is 0 Å². The van der Waals surface area contributed by atoms with Crippen molar-refractivity contribution in [3.63, 3.8) is 0 Å². The third kappa shape index (κ3) is 5.92. The van der Waals surface area contributed by atoms with E-state index in [1.807, 2.05) is 0 Å². The summed E-state index contributed by atoms with van der Waals surface area (Å²) in [7, 11) is -2.19. The summed E-state index contributed by atoms with van der Waals surface area (Å²) in [5, 5.41) is 2.74. The van der Waals surface area contributed by atoms with Crippen LogP contribution in [-0.4, -0.2) is 44.8 Å². The summed E-state index contributed by atoms with van der Waals surface area (Å²) in [5.41, 5.74) is 1.56. The topological polar surface area (TPSA) is 92.8 Å². The maximum atomic E-state index is 12.9. The van der Waals surface area contributed by atoms with Gasteiger partial charge in [0, 0.05) is 19.5 Å². The van der Waals surface area contributed by atoms with Crippen molar-refractivity contribution in [3.8, 4) is 0 Å². The van der Waals surface area contributed by atoms with Crippen LogP contribution in [0.1, 0.15) is 48.0 Å². The molecule has 2 aromatic carbocycles. The summed E-state index contributed by atoms with van der Waals surface area (Å²) in [5.74, 6) is -0.755. The molecule has 0 saturated carbocycles. The lowest BCUT2D eigenvalue weighted by molar-refractivity contribution is -0.116. The molecule has 1 saturated heterocycles. The van der Waals surface area contributed by atoms with Crippen LogP contribution < -0.4 is 5.32 Å². The molecule has 1 aliphatic heterocycles. The first-order valence-corrected chi connectivity index (χ1v) is 11.9. The molecule has 0 radical (unpaired) electrons.